The fourth-order valence-electron chi connectivity index (χ4n) is 4.16. The molecule has 3 heterocycles. The number of nitrogens with one attached hydrogen (secondary N) is 1. The van der Waals surface area contributed by atoms with E-state index in [0.717, 1.165) is 37.2 Å². The first kappa shape index (κ1) is 16.3. The molecule has 0 unspecified atom stereocenters. The van der Waals surface area contributed by atoms with Crippen LogP contribution in [0.4, 0.5) is 0 Å². The third-order valence-electron chi connectivity index (χ3n) is 5.71. The van der Waals surface area contributed by atoms with Crippen LogP contribution in [-0.4, -0.2) is 27.7 Å². The van der Waals surface area contributed by atoms with Crippen molar-refractivity contribution in [2.75, 3.05) is 0 Å². The molecule has 4 rings (SSSR count). The van der Waals surface area contributed by atoms with Gasteiger partial charge in [0.1, 0.15) is 5.82 Å². The predicted octanol–water partition coefficient (Wildman–Crippen LogP) is 2.81. The van der Waals surface area contributed by atoms with Gasteiger partial charge < -0.3 is 14.6 Å². The summed E-state index contributed by atoms with van der Waals surface area (Å²) in [5.41, 5.74) is 1.97. The van der Waals surface area contributed by atoms with Crippen LogP contribution in [0.3, 0.4) is 0 Å². The van der Waals surface area contributed by atoms with Gasteiger partial charge in [0.15, 0.2) is 0 Å². The molecule has 1 aromatic carbocycles. The number of rotatable bonds is 5. The van der Waals surface area contributed by atoms with Gasteiger partial charge in [-0.15, -0.1) is 0 Å². The third-order valence-corrected chi connectivity index (χ3v) is 5.71. The summed E-state index contributed by atoms with van der Waals surface area (Å²) in [5, 5.41) is 3.13. The number of carbonyl (C=O) groups excluding carboxylic acids is 1. The predicted molar refractivity (Wildman–Crippen MR) is 95.0 cm³/mol. The van der Waals surface area contributed by atoms with Crippen LogP contribution < -0.4 is 5.32 Å². The van der Waals surface area contributed by atoms with Crippen molar-refractivity contribution in [2.24, 2.45) is 5.41 Å². The quantitative estimate of drug-likeness (QED) is 0.911. The highest BCUT2D eigenvalue weighted by atomic mass is 16.5. The molecule has 0 spiro atoms. The molecule has 3 atom stereocenters. The van der Waals surface area contributed by atoms with Crippen molar-refractivity contribution in [3.63, 3.8) is 0 Å². The van der Waals surface area contributed by atoms with Gasteiger partial charge in [0.05, 0.1) is 17.6 Å². The van der Waals surface area contributed by atoms with E-state index in [1.165, 1.54) is 5.56 Å². The average Bonchev–Trinajstić information content (AvgIpc) is 3.30. The Bertz CT molecular complexity index is 785. The largest absolute Gasteiger partial charge is 0.374 e. The molecule has 132 valence electrons. The summed E-state index contributed by atoms with van der Waals surface area (Å²) in [7, 11) is 0. The first-order valence-electron chi connectivity index (χ1n) is 9.04. The van der Waals surface area contributed by atoms with Gasteiger partial charge in [-0.05, 0) is 44.2 Å². The van der Waals surface area contributed by atoms with Crippen LogP contribution in [0.2, 0.25) is 0 Å². The minimum absolute atomic E-state index is 0.0908. The summed E-state index contributed by atoms with van der Waals surface area (Å²) in [6.45, 7) is 5.40. The highest BCUT2D eigenvalue weighted by molar-refractivity contribution is 5.83. The second kappa shape index (κ2) is 6.30. The van der Waals surface area contributed by atoms with E-state index >= 15 is 0 Å². The Morgan fingerprint density at radius 2 is 2.24 bits per heavy atom. The summed E-state index contributed by atoms with van der Waals surface area (Å²) >= 11 is 0. The van der Waals surface area contributed by atoms with Gasteiger partial charge in [-0.2, -0.15) is 0 Å². The second-order valence-corrected chi connectivity index (χ2v) is 7.55. The van der Waals surface area contributed by atoms with Crippen LogP contribution in [0.1, 0.15) is 43.1 Å². The standard InChI is InChI=1S/C20H25N3O2/c1-14-21-8-9-23(14)13-16-5-3-4-15(10-16)12-22-19(24)20(2)11-17-6-7-18(20)25-17/h3-5,8-10,17-18H,6-7,11-13H2,1-2H3,(H,22,24)/t17-,18-,20-/m1/s1. The molecule has 25 heavy (non-hydrogen) atoms. The van der Waals surface area contributed by atoms with Gasteiger partial charge in [-0.1, -0.05) is 24.3 Å². The second-order valence-electron chi connectivity index (χ2n) is 7.55. The first-order valence-corrected chi connectivity index (χ1v) is 9.04. The Balaban J connectivity index is 1.39. The van der Waals surface area contributed by atoms with E-state index in [9.17, 15) is 4.79 Å². The van der Waals surface area contributed by atoms with Crippen molar-refractivity contribution >= 4 is 5.91 Å². The average molecular weight is 339 g/mol. The maximum absolute atomic E-state index is 12.7. The monoisotopic (exact) mass is 339 g/mol. The fourth-order valence-corrected chi connectivity index (χ4v) is 4.16. The summed E-state index contributed by atoms with van der Waals surface area (Å²) in [4.78, 5) is 17.0. The number of hydrogen-bond acceptors (Lipinski definition) is 3. The van der Waals surface area contributed by atoms with Crippen LogP contribution in [-0.2, 0) is 22.6 Å². The third kappa shape index (κ3) is 3.09. The van der Waals surface area contributed by atoms with E-state index < -0.39 is 0 Å². The Kier molecular flexibility index (Phi) is 4.12. The number of hydrogen-bond donors (Lipinski definition) is 1. The maximum Gasteiger partial charge on any atom is 0.228 e. The Labute approximate surface area is 148 Å². The lowest BCUT2D eigenvalue weighted by molar-refractivity contribution is -0.133. The summed E-state index contributed by atoms with van der Waals surface area (Å²) in [6, 6.07) is 8.37. The number of carbonyl (C=O) groups is 1. The van der Waals surface area contributed by atoms with E-state index in [0.29, 0.717) is 6.54 Å². The molecule has 5 nitrogen and oxygen atoms in total. The maximum atomic E-state index is 12.7. The van der Waals surface area contributed by atoms with Crippen molar-refractivity contribution in [3.8, 4) is 0 Å². The zero-order valence-electron chi connectivity index (χ0n) is 14.9. The Morgan fingerprint density at radius 1 is 1.40 bits per heavy atom. The smallest absolute Gasteiger partial charge is 0.228 e. The van der Waals surface area contributed by atoms with Crippen molar-refractivity contribution in [2.45, 2.75) is 58.4 Å². The number of nitrogens with zero attached hydrogens (tertiary/aromatic N) is 2. The number of imidazole rings is 1. The van der Waals surface area contributed by atoms with Gasteiger partial charge in [-0.3, -0.25) is 4.79 Å². The van der Waals surface area contributed by atoms with Gasteiger partial charge in [0.25, 0.3) is 0 Å². The molecule has 0 aliphatic carbocycles. The Hall–Kier alpha value is -2.14. The molecule has 2 aliphatic heterocycles. The molecule has 2 aromatic rings. The van der Waals surface area contributed by atoms with E-state index in [1.807, 2.05) is 32.3 Å². The highest BCUT2D eigenvalue weighted by Gasteiger charge is 2.53. The van der Waals surface area contributed by atoms with E-state index in [2.05, 4.69) is 33.1 Å². The van der Waals surface area contributed by atoms with Crippen molar-refractivity contribution in [1.29, 1.82) is 0 Å². The minimum atomic E-state index is -0.367. The first-order chi connectivity index (χ1) is 12.0. The van der Waals surface area contributed by atoms with Crippen LogP contribution in [0.25, 0.3) is 0 Å². The molecule has 2 saturated heterocycles. The molecule has 1 aromatic heterocycles. The molecule has 1 N–H and O–H groups in total. The molecule has 5 heteroatoms. The van der Waals surface area contributed by atoms with Gasteiger partial charge in [-0.25, -0.2) is 4.98 Å². The lowest BCUT2D eigenvalue weighted by atomic mass is 9.75. The molecule has 0 radical (unpaired) electrons. The van der Waals surface area contributed by atoms with Gasteiger partial charge in [0.2, 0.25) is 5.91 Å². The molecular formula is C20H25N3O2. The van der Waals surface area contributed by atoms with Crippen LogP contribution in [0.5, 0.6) is 0 Å². The zero-order valence-corrected chi connectivity index (χ0v) is 14.9. The molecule has 2 aliphatic rings. The molecule has 1 amide bonds. The van der Waals surface area contributed by atoms with Crippen molar-refractivity contribution in [1.82, 2.24) is 14.9 Å². The topological polar surface area (TPSA) is 56.2 Å². The highest BCUT2D eigenvalue weighted by Crippen LogP contribution is 2.47. The lowest BCUT2D eigenvalue weighted by Gasteiger charge is -2.29. The summed E-state index contributed by atoms with van der Waals surface area (Å²) in [6.07, 6.45) is 7.13. The van der Waals surface area contributed by atoms with Gasteiger partial charge >= 0.3 is 0 Å². The number of aryl methyl sites for hydroxylation is 1. The fraction of sp³-hybridized carbons (Fsp3) is 0.500. The summed E-state index contributed by atoms with van der Waals surface area (Å²) < 4.78 is 8.00. The number of amides is 1. The number of ether oxygens (including phenoxy) is 1. The van der Waals surface area contributed by atoms with E-state index in [-0.39, 0.29) is 23.5 Å². The van der Waals surface area contributed by atoms with Gasteiger partial charge in [0, 0.05) is 25.5 Å². The van der Waals surface area contributed by atoms with Crippen LogP contribution >= 0.6 is 0 Å². The van der Waals surface area contributed by atoms with Crippen molar-refractivity contribution in [3.05, 3.63) is 53.6 Å². The molecular weight excluding hydrogens is 314 g/mol. The van der Waals surface area contributed by atoms with Crippen LogP contribution in [0, 0.1) is 12.3 Å². The zero-order chi connectivity index (χ0) is 17.4. The lowest BCUT2D eigenvalue weighted by Crippen LogP contribution is -2.44. The summed E-state index contributed by atoms with van der Waals surface area (Å²) in [5.74, 6) is 1.12. The molecule has 2 fully saturated rings. The molecule has 0 saturated carbocycles. The normalized spacial score (nSPS) is 27.6. The number of aromatic nitrogens is 2. The Morgan fingerprint density at radius 3 is 2.92 bits per heavy atom. The molecule has 2 bridgehead atoms. The van der Waals surface area contributed by atoms with Crippen LogP contribution in [0.15, 0.2) is 36.7 Å². The number of benzene rings is 1. The SMILES string of the molecule is Cc1nccn1Cc1cccc(CNC(=O)[C@]2(C)C[C@H]3CC[C@H]2O3)c1. The van der Waals surface area contributed by atoms with E-state index in [1.54, 1.807) is 0 Å². The van der Waals surface area contributed by atoms with Crippen molar-refractivity contribution < 1.29 is 9.53 Å². The number of fused-ring (bicyclic) bond motifs is 2. The van der Waals surface area contributed by atoms with E-state index in [4.69, 9.17) is 4.74 Å². The minimum Gasteiger partial charge on any atom is -0.374 e.